The van der Waals surface area contributed by atoms with Crippen LogP contribution < -0.4 is 0 Å². The maximum Gasteiger partial charge on any atom is 0.102 e. The normalized spacial score (nSPS) is 9.27. The standard InChI is InChI=1S/C15H23FN3.2CH3.Cm/c1-3-4-10-19(11-9-16)12-13-5-7-14(8-6-13)15(17)18-2;;;/h5-8H,3-4,9-12H2,1-2H3,(H-,17,18);2*1H3;/q3*-1;. The third kappa shape index (κ3) is 8.00. The van der Waals surface area contributed by atoms with Gasteiger partial charge in [0.15, 0.2) is 0 Å². The summed E-state index contributed by atoms with van der Waals surface area (Å²) in [5.74, 6) is 0.290. The van der Waals surface area contributed by atoms with Crippen molar-refractivity contribution in [1.29, 1.82) is 5.41 Å². The number of nitrogens with one attached hydrogen (secondary N) is 1. The van der Waals surface area contributed by atoms with E-state index in [0.29, 0.717) is 6.54 Å². The number of benzene rings is 1. The number of hydrogen-bond acceptors (Lipinski definition) is 2. The first-order chi connectivity index (χ1) is 9.21. The Kier molecular flexibility index (Phi) is 15.2. The maximum absolute atomic E-state index is 12.5. The van der Waals surface area contributed by atoms with Crippen LogP contribution in [-0.4, -0.2) is 37.5 Å². The Balaban J connectivity index is -0.00000120. The van der Waals surface area contributed by atoms with Crippen LogP contribution in [-0.2, 0) is 6.54 Å². The number of halogens is 1. The van der Waals surface area contributed by atoms with Gasteiger partial charge in [-0.3, -0.25) is 4.90 Å². The van der Waals surface area contributed by atoms with E-state index in [1.807, 2.05) is 24.3 Å². The van der Waals surface area contributed by atoms with E-state index in [1.165, 1.54) is 0 Å². The van der Waals surface area contributed by atoms with Gasteiger partial charge in [0.05, 0.1) is 0 Å². The molecule has 5 heteroatoms. The molecular formula is C17H29CmFN3-3. The predicted molar refractivity (Wildman–Crippen MR) is 91.5 cm³/mol. The van der Waals surface area contributed by atoms with E-state index in [9.17, 15) is 4.39 Å². The molecule has 22 heavy (non-hydrogen) atoms. The molecule has 1 rings (SSSR count). The zero-order valence-electron chi connectivity index (χ0n) is 14.2. The van der Waals surface area contributed by atoms with Crippen LogP contribution in [0.5, 0.6) is 0 Å². The van der Waals surface area contributed by atoms with Gasteiger partial charge in [0.2, 0.25) is 0 Å². The average molecular weight is 541 g/mol. The third-order valence-electron chi connectivity index (χ3n) is 3.09. The zero-order chi connectivity index (χ0) is 14.1. The van der Waals surface area contributed by atoms with E-state index < -0.39 is 0 Å². The van der Waals surface area contributed by atoms with E-state index in [0.717, 1.165) is 37.1 Å². The fraction of sp³-hybridized carbons (Fsp3) is 0.471. The number of hydrogen-bond donors (Lipinski definition) is 1. The van der Waals surface area contributed by atoms with Crippen LogP contribution in [0.3, 0.4) is 0 Å². The summed E-state index contributed by atoms with van der Waals surface area (Å²) >= 11 is 0. The van der Waals surface area contributed by atoms with E-state index >= 15 is 0 Å². The molecule has 0 aromatic heterocycles. The van der Waals surface area contributed by atoms with E-state index in [2.05, 4.69) is 17.1 Å². The molecule has 1 aromatic rings. The van der Waals surface area contributed by atoms with Crippen molar-refractivity contribution in [2.75, 3.05) is 26.8 Å². The summed E-state index contributed by atoms with van der Waals surface area (Å²) in [6, 6.07) is 7.79. The van der Waals surface area contributed by atoms with Crippen molar-refractivity contribution in [1.82, 2.24) is 4.90 Å². The minimum Gasteiger partial charge on any atom is -0.482 e. The molecular weight excluding hydrogens is 512 g/mol. The average Bonchev–Trinajstić information content (AvgIpc) is 2.45. The second kappa shape index (κ2) is 13.6. The Bertz CT molecular complexity index is 382. The molecule has 0 aliphatic heterocycles. The smallest absolute Gasteiger partial charge is 0.102 e. The molecule has 0 aliphatic carbocycles. The van der Waals surface area contributed by atoms with Crippen molar-refractivity contribution < 1.29 is 4.39 Å². The van der Waals surface area contributed by atoms with Crippen molar-refractivity contribution >= 4 is 5.84 Å². The first-order valence-corrected chi connectivity index (χ1v) is 6.77. The summed E-state index contributed by atoms with van der Waals surface area (Å²) in [7, 11) is 1.62. The number of amidine groups is 1. The Labute approximate surface area is 130 Å². The van der Waals surface area contributed by atoms with Crippen LogP contribution in [0.2, 0.25) is 0 Å². The van der Waals surface area contributed by atoms with Gasteiger partial charge in [-0.2, -0.15) is 0 Å². The van der Waals surface area contributed by atoms with Crippen LogP contribution in [0.4, 0.5) is 4.39 Å². The molecule has 0 saturated heterocycles. The first-order valence-electron chi connectivity index (χ1n) is 6.77. The van der Waals surface area contributed by atoms with Gasteiger partial charge in [-0.25, -0.2) is 4.39 Å². The van der Waals surface area contributed by atoms with Crippen LogP contribution in [0.1, 0.15) is 30.9 Å². The fourth-order valence-electron chi connectivity index (χ4n) is 1.93. The largest absolute Gasteiger partial charge is 0.482 e. The van der Waals surface area contributed by atoms with E-state index in [4.69, 9.17) is 5.41 Å². The minimum atomic E-state index is -0.304. The molecule has 0 atom stereocenters. The van der Waals surface area contributed by atoms with Gasteiger partial charge in [-0.05, 0) is 24.1 Å². The Morgan fingerprint density at radius 3 is 2.23 bits per heavy atom. The molecule has 1 aromatic carbocycles. The second-order valence-electron chi connectivity index (χ2n) is 4.59. The quantitative estimate of drug-likeness (QED) is 0.294. The SMILES string of the molecule is CCCCN(CCF)Cc1ccc(C(=N)[N-]C)cc1.[CH3-].[CH3-].[Cm]. The fourth-order valence-corrected chi connectivity index (χ4v) is 1.93. The number of alkyl halides is 1. The predicted octanol–water partition coefficient (Wildman–Crippen LogP) is 4.49. The molecule has 0 spiro atoms. The van der Waals surface area contributed by atoms with Gasteiger partial charge in [0.1, 0.15) is 6.67 Å². The van der Waals surface area contributed by atoms with Gasteiger partial charge < -0.3 is 25.6 Å². The number of rotatable bonds is 8. The van der Waals surface area contributed by atoms with Crippen LogP contribution >= 0.6 is 0 Å². The molecule has 130 valence electrons. The minimum absolute atomic E-state index is 0. The molecule has 0 radical (unpaired) electrons. The Hall–Kier alpha value is -2.42. The molecule has 0 saturated carbocycles. The summed E-state index contributed by atoms with van der Waals surface area (Å²) in [4.78, 5) is 2.13. The summed E-state index contributed by atoms with van der Waals surface area (Å²) in [5.41, 5.74) is 1.97. The monoisotopic (exact) mass is 537 g/mol. The summed E-state index contributed by atoms with van der Waals surface area (Å²) in [6.07, 6.45) is 2.22. The third-order valence-corrected chi connectivity index (χ3v) is 3.09. The van der Waals surface area contributed by atoms with Crippen LogP contribution in [0, 0.1) is 20.3 Å². The summed E-state index contributed by atoms with van der Waals surface area (Å²) in [5, 5.41) is 11.5. The van der Waals surface area contributed by atoms with Crippen LogP contribution in [0.25, 0.3) is 5.32 Å². The van der Waals surface area contributed by atoms with Gasteiger partial charge >= 0.3 is 0 Å². The molecule has 1 N–H and O–H groups in total. The van der Waals surface area contributed by atoms with E-state index in [1.54, 1.807) is 7.05 Å². The molecule has 3 nitrogen and oxygen atoms in total. The van der Waals surface area contributed by atoms with Gasteiger partial charge in [0.25, 0.3) is 0 Å². The Morgan fingerprint density at radius 2 is 1.77 bits per heavy atom. The molecule has 0 aliphatic rings. The van der Waals surface area contributed by atoms with Crippen LogP contribution in [0.15, 0.2) is 24.3 Å². The Morgan fingerprint density at radius 1 is 1.18 bits per heavy atom. The molecule has 0 heterocycles. The van der Waals surface area contributed by atoms with Crippen molar-refractivity contribution in [3.05, 3.63) is 55.6 Å². The maximum atomic E-state index is 12.5. The molecule has 0 bridgehead atoms. The van der Waals surface area contributed by atoms with Gasteiger partial charge in [-0.1, -0.05) is 50.5 Å². The number of nitrogens with zero attached hydrogens (tertiary/aromatic N) is 2. The number of unbranched alkanes of at least 4 members (excludes halogenated alkanes) is 1. The van der Waals surface area contributed by atoms with Gasteiger partial charge in [0, 0.05) is 13.1 Å². The summed E-state index contributed by atoms with van der Waals surface area (Å²) in [6.45, 7) is 4.02. The van der Waals surface area contributed by atoms with Gasteiger partial charge in [-0.15, -0.1) is 0 Å². The zero-order valence-corrected chi connectivity index (χ0v) is 17.1. The second-order valence-corrected chi connectivity index (χ2v) is 4.59. The van der Waals surface area contributed by atoms with Crippen molar-refractivity contribution in [3.8, 4) is 0 Å². The van der Waals surface area contributed by atoms with Crippen molar-refractivity contribution in [3.63, 3.8) is 0 Å². The first kappa shape index (κ1) is 24.6. The van der Waals surface area contributed by atoms with E-state index in [-0.39, 0.29) is 27.4 Å². The molecule has 0 fully saturated rings. The van der Waals surface area contributed by atoms with Crippen molar-refractivity contribution in [2.45, 2.75) is 26.3 Å². The summed E-state index contributed by atoms with van der Waals surface area (Å²) < 4.78 is 12.5. The van der Waals surface area contributed by atoms with Crippen molar-refractivity contribution in [2.24, 2.45) is 0 Å². The molecule has 0 amide bonds. The topological polar surface area (TPSA) is 41.2 Å². The molecule has 0 unspecified atom stereocenters.